The number of hydrogen-bond acceptors (Lipinski definition) is 4. The Morgan fingerprint density at radius 3 is 1.62 bits per heavy atom. The van der Waals surface area contributed by atoms with Crippen LogP contribution in [-0.4, -0.2) is 16.9 Å². The number of carboxylic acids is 2. The van der Waals surface area contributed by atoms with Gasteiger partial charge in [-0.25, -0.2) is 0 Å². The Morgan fingerprint density at radius 2 is 1.24 bits per heavy atom. The van der Waals surface area contributed by atoms with Crippen molar-refractivity contribution in [1.82, 2.24) is 4.98 Å². The quantitative estimate of drug-likeness (QED) is 0.722. The third-order valence-electron chi connectivity index (χ3n) is 3.42. The van der Waals surface area contributed by atoms with Gasteiger partial charge in [-0.05, 0) is 35.4 Å². The second-order valence-electron chi connectivity index (χ2n) is 4.98. The van der Waals surface area contributed by atoms with Crippen LogP contribution in [0.2, 0.25) is 0 Å². The topological polar surface area (TPSA) is 96.0 Å². The second kappa shape index (κ2) is 4.94. The van der Waals surface area contributed by atoms with E-state index in [1.54, 1.807) is 24.3 Å². The fourth-order valence-corrected chi connectivity index (χ4v) is 2.54. The molecule has 1 heterocycles. The predicted octanol–water partition coefficient (Wildman–Crippen LogP) is -0.0941. The van der Waals surface area contributed by atoms with Crippen molar-refractivity contribution >= 4 is 33.7 Å². The van der Waals surface area contributed by atoms with Gasteiger partial charge in [-0.3, -0.25) is 0 Å². The number of aliphatic carboxylic acids is 2. The van der Waals surface area contributed by atoms with Crippen LogP contribution in [0.15, 0.2) is 36.4 Å². The summed E-state index contributed by atoms with van der Waals surface area (Å²) in [6.07, 6.45) is -0.303. The van der Waals surface area contributed by atoms with Gasteiger partial charge < -0.3 is 24.8 Å². The molecule has 0 amide bonds. The Labute approximate surface area is 119 Å². The van der Waals surface area contributed by atoms with Crippen molar-refractivity contribution in [2.45, 2.75) is 12.8 Å². The number of fused-ring (bicyclic) bond motifs is 3. The van der Waals surface area contributed by atoms with Crippen molar-refractivity contribution < 1.29 is 19.8 Å². The molecule has 0 bridgehead atoms. The Morgan fingerprint density at radius 1 is 0.810 bits per heavy atom. The van der Waals surface area contributed by atoms with Crippen molar-refractivity contribution in [3.8, 4) is 0 Å². The number of benzene rings is 2. The molecule has 1 N–H and O–H groups in total. The van der Waals surface area contributed by atoms with Crippen LogP contribution in [0.5, 0.6) is 0 Å². The average Bonchev–Trinajstić information content (AvgIpc) is 2.75. The molecule has 0 radical (unpaired) electrons. The van der Waals surface area contributed by atoms with Crippen LogP contribution in [0.25, 0.3) is 21.8 Å². The second-order valence-corrected chi connectivity index (χ2v) is 4.98. The molecule has 5 nitrogen and oxygen atoms in total. The third kappa shape index (κ3) is 2.58. The van der Waals surface area contributed by atoms with Crippen molar-refractivity contribution in [3.05, 3.63) is 47.5 Å². The maximum absolute atomic E-state index is 10.7. The van der Waals surface area contributed by atoms with Crippen molar-refractivity contribution in [2.75, 3.05) is 0 Å². The van der Waals surface area contributed by atoms with Gasteiger partial charge in [0.2, 0.25) is 0 Å². The monoisotopic (exact) mass is 281 g/mol. The lowest BCUT2D eigenvalue weighted by Crippen LogP contribution is -2.24. The highest BCUT2D eigenvalue weighted by Gasteiger charge is 2.06. The number of carbonyl (C=O) groups excluding carboxylic acids is 2. The first kappa shape index (κ1) is 13.2. The van der Waals surface area contributed by atoms with Crippen LogP contribution < -0.4 is 10.2 Å². The molecule has 0 fully saturated rings. The van der Waals surface area contributed by atoms with E-state index in [-0.39, 0.29) is 12.8 Å². The summed E-state index contributed by atoms with van der Waals surface area (Å²) < 4.78 is 0. The molecule has 0 atom stereocenters. The van der Waals surface area contributed by atoms with E-state index < -0.39 is 11.9 Å². The summed E-state index contributed by atoms with van der Waals surface area (Å²) in [6, 6.07) is 10.7. The van der Waals surface area contributed by atoms with E-state index in [4.69, 9.17) is 0 Å². The minimum absolute atomic E-state index is 0.151. The number of aromatic nitrogens is 1. The van der Waals surface area contributed by atoms with E-state index in [9.17, 15) is 19.8 Å². The maximum atomic E-state index is 10.7. The van der Waals surface area contributed by atoms with Crippen molar-refractivity contribution in [3.63, 3.8) is 0 Å². The molecule has 0 aliphatic heterocycles. The number of nitrogens with one attached hydrogen (secondary N) is 1. The zero-order valence-electron chi connectivity index (χ0n) is 11.0. The lowest BCUT2D eigenvalue weighted by Gasteiger charge is -2.04. The zero-order valence-corrected chi connectivity index (χ0v) is 11.0. The van der Waals surface area contributed by atoms with Gasteiger partial charge in [0.1, 0.15) is 0 Å². The molecule has 2 aromatic carbocycles. The molecule has 106 valence electrons. The van der Waals surface area contributed by atoms with Crippen molar-refractivity contribution in [1.29, 1.82) is 0 Å². The summed E-state index contributed by atoms with van der Waals surface area (Å²) in [5.41, 5.74) is 3.04. The molecule has 0 spiro atoms. The molecular formula is C16H11NO4-2. The number of carboxylic acid groups (broad SMARTS) is 2. The van der Waals surface area contributed by atoms with Crippen LogP contribution in [0, 0.1) is 0 Å². The van der Waals surface area contributed by atoms with Gasteiger partial charge in [-0.15, -0.1) is 0 Å². The number of carbonyl (C=O) groups is 2. The molecule has 21 heavy (non-hydrogen) atoms. The van der Waals surface area contributed by atoms with Gasteiger partial charge in [0.15, 0.2) is 0 Å². The standard InChI is InChI=1S/C16H13NO4/c18-15(19)7-9-1-3-13-11(5-9)12-6-10(8-16(20)21)2-4-14(12)17-13/h1-6,17H,7-8H2,(H,18,19)(H,20,21)/p-2. The predicted molar refractivity (Wildman–Crippen MR) is 73.2 cm³/mol. The summed E-state index contributed by atoms with van der Waals surface area (Å²) in [6.45, 7) is 0. The van der Waals surface area contributed by atoms with E-state index in [1.807, 2.05) is 12.1 Å². The molecule has 0 saturated heterocycles. The number of rotatable bonds is 4. The summed E-state index contributed by atoms with van der Waals surface area (Å²) in [7, 11) is 0. The molecule has 1 aromatic heterocycles. The first-order chi connectivity index (χ1) is 10.0. The van der Waals surface area contributed by atoms with Gasteiger partial charge in [0.25, 0.3) is 0 Å². The Hall–Kier alpha value is -2.82. The maximum Gasteiger partial charge on any atom is 0.0465 e. The third-order valence-corrected chi connectivity index (χ3v) is 3.42. The lowest BCUT2D eigenvalue weighted by molar-refractivity contribution is -0.306. The summed E-state index contributed by atoms with van der Waals surface area (Å²) in [4.78, 5) is 24.6. The first-order valence-electron chi connectivity index (χ1n) is 6.46. The summed E-state index contributed by atoms with van der Waals surface area (Å²) >= 11 is 0. The Kier molecular flexibility index (Phi) is 3.10. The van der Waals surface area contributed by atoms with E-state index in [2.05, 4.69) is 4.98 Å². The molecule has 0 saturated carbocycles. The summed E-state index contributed by atoms with van der Waals surface area (Å²) in [5.74, 6) is -2.27. The molecule has 0 aliphatic rings. The highest BCUT2D eigenvalue weighted by molar-refractivity contribution is 6.07. The molecule has 3 rings (SSSR count). The molecular weight excluding hydrogens is 270 g/mol. The average molecular weight is 281 g/mol. The SMILES string of the molecule is O=C([O-])Cc1ccc2[nH]c3ccc(CC(=O)[O-])cc3c2c1. The normalized spacial score (nSPS) is 11.0. The highest BCUT2D eigenvalue weighted by Crippen LogP contribution is 2.27. The van der Waals surface area contributed by atoms with Crippen LogP contribution in [-0.2, 0) is 22.4 Å². The van der Waals surface area contributed by atoms with E-state index in [0.717, 1.165) is 21.8 Å². The Balaban J connectivity index is 2.16. The van der Waals surface area contributed by atoms with Gasteiger partial charge in [0, 0.05) is 46.6 Å². The highest BCUT2D eigenvalue weighted by atomic mass is 16.4. The zero-order chi connectivity index (χ0) is 15.0. The fourth-order valence-electron chi connectivity index (χ4n) is 2.54. The molecule has 5 heteroatoms. The fraction of sp³-hybridized carbons (Fsp3) is 0.125. The smallest absolute Gasteiger partial charge is 0.0465 e. The van der Waals surface area contributed by atoms with Gasteiger partial charge >= 0.3 is 0 Å². The minimum Gasteiger partial charge on any atom is -0.550 e. The number of hydrogen-bond donors (Lipinski definition) is 1. The van der Waals surface area contributed by atoms with E-state index in [1.165, 1.54) is 0 Å². The largest absolute Gasteiger partial charge is 0.550 e. The van der Waals surface area contributed by atoms with Crippen LogP contribution in [0.3, 0.4) is 0 Å². The van der Waals surface area contributed by atoms with E-state index in [0.29, 0.717) is 11.1 Å². The van der Waals surface area contributed by atoms with Crippen LogP contribution in [0.1, 0.15) is 11.1 Å². The number of aromatic amines is 1. The molecule has 3 aromatic rings. The van der Waals surface area contributed by atoms with Crippen LogP contribution in [0.4, 0.5) is 0 Å². The first-order valence-corrected chi connectivity index (χ1v) is 6.46. The van der Waals surface area contributed by atoms with Gasteiger partial charge in [0.05, 0.1) is 0 Å². The lowest BCUT2D eigenvalue weighted by atomic mass is 10.0. The van der Waals surface area contributed by atoms with Gasteiger partial charge in [-0.2, -0.15) is 0 Å². The van der Waals surface area contributed by atoms with Crippen LogP contribution >= 0.6 is 0 Å². The van der Waals surface area contributed by atoms with E-state index >= 15 is 0 Å². The Bertz CT molecular complexity index is 793. The summed E-state index contributed by atoms with van der Waals surface area (Å²) in [5, 5.41) is 23.1. The van der Waals surface area contributed by atoms with Gasteiger partial charge in [-0.1, -0.05) is 12.1 Å². The molecule has 0 aliphatic carbocycles. The molecule has 0 unspecified atom stereocenters. The minimum atomic E-state index is -1.13. The number of H-pyrrole nitrogens is 1. The van der Waals surface area contributed by atoms with Crippen molar-refractivity contribution in [2.24, 2.45) is 0 Å².